The minimum atomic E-state index is -0.347. The van der Waals surface area contributed by atoms with Crippen molar-refractivity contribution < 1.29 is 14.3 Å². The first-order chi connectivity index (χ1) is 11.5. The molecule has 1 atom stereocenters. The van der Waals surface area contributed by atoms with E-state index in [9.17, 15) is 9.59 Å². The normalized spacial score (nSPS) is 17.6. The Balaban J connectivity index is 1.77. The van der Waals surface area contributed by atoms with E-state index in [1.807, 2.05) is 30.0 Å². The van der Waals surface area contributed by atoms with Gasteiger partial charge in [-0.2, -0.15) is 0 Å². The third-order valence-corrected chi connectivity index (χ3v) is 5.90. The molecule has 0 aromatic heterocycles. The van der Waals surface area contributed by atoms with Gasteiger partial charge < -0.3 is 9.64 Å². The van der Waals surface area contributed by atoms with Gasteiger partial charge in [0.15, 0.2) is 6.61 Å². The van der Waals surface area contributed by atoms with Gasteiger partial charge in [-0.3, -0.25) is 9.59 Å². The van der Waals surface area contributed by atoms with E-state index in [0.29, 0.717) is 6.04 Å². The van der Waals surface area contributed by atoms with Crippen LogP contribution >= 0.6 is 27.7 Å². The number of thioether (sulfide) groups is 1. The van der Waals surface area contributed by atoms with Crippen molar-refractivity contribution >= 4 is 39.6 Å². The van der Waals surface area contributed by atoms with Crippen LogP contribution in [0.3, 0.4) is 0 Å². The number of likely N-dealkylation sites (tertiary alicyclic amines) is 1. The quantitative estimate of drug-likeness (QED) is 0.518. The lowest BCUT2D eigenvalue weighted by molar-refractivity contribution is -0.151. The molecule has 1 heterocycles. The molecule has 1 fully saturated rings. The Kier molecular flexibility index (Phi) is 7.62. The zero-order valence-corrected chi connectivity index (χ0v) is 16.6. The second kappa shape index (κ2) is 9.47. The van der Waals surface area contributed by atoms with Gasteiger partial charge in [-0.15, -0.1) is 11.8 Å². The number of esters is 1. The van der Waals surface area contributed by atoms with Gasteiger partial charge in [0.05, 0.1) is 5.75 Å². The van der Waals surface area contributed by atoms with Crippen LogP contribution in [0.15, 0.2) is 27.6 Å². The molecule has 132 valence electrons. The Bertz CT molecular complexity index is 594. The third-order valence-electron chi connectivity index (χ3n) is 4.26. The summed E-state index contributed by atoms with van der Waals surface area (Å²) in [4.78, 5) is 27.1. The third kappa shape index (κ3) is 5.52. The van der Waals surface area contributed by atoms with Gasteiger partial charge in [-0.1, -0.05) is 22.9 Å². The molecule has 1 aliphatic rings. The van der Waals surface area contributed by atoms with E-state index in [0.717, 1.165) is 40.7 Å². The number of carbonyl (C=O) groups excluding carboxylic acids is 2. The lowest BCUT2D eigenvalue weighted by Crippen LogP contribution is -2.45. The van der Waals surface area contributed by atoms with Crippen LogP contribution in [-0.4, -0.2) is 41.7 Å². The number of nitrogens with zero attached hydrogens (tertiary/aromatic N) is 1. The van der Waals surface area contributed by atoms with E-state index >= 15 is 0 Å². The first kappa shape index (κ1) is 19.3. The fraction of sp³-hybridized carbons (Fsp3) is 0.556. The van der Waals surface area contributed by atoms with Crippen molar-refractivity contribution in [1.82, 2.24) is 4.90 Å². The van der Waals surface area contributed by atoms with E-state index in [-0.39, 0.29) is 24.2 Å². The minimum Gasteiger partial charge on any atom is -0.455 e. The molecule has 1 saturated heterocycles. The number of aryl methyl sites for hydroxylation is 1. The number of piperidine rings is 1. The van der Waals surface area contributed by atoms with Crippen molar-refractivity contribution in [2.45, 2.75) is 50.5 Å². The first-order valence-corrected chi connectivity index (χ1v) is 10.1. The number of rotatable bonds is 6. The van der Waals surface area contributed by atoms with E-state index < -0.39 is 0 Å². The Hall–Kier alpha value is -1.01. The van der Waals surface area contributed by atoms with E-state index in [2.05, 4.69) is 22.9 Å². The lowest BCUT2D eigenvalue weighted by Gasteiger charge is -2.35. The van der Waals surface area contributed by atoms with Crippen molar-refractivity contribution in [1.29, 1.82) is 0 Å². The predicted molar refractivity (Wildman–Crippen MR) is 100 cm³/mol. The molecule has 1 aromatic rings. The molecule has 0 N–H and O–H groups in total. The number of benzene rings is 1. The Labute approximate surface area is 156 Å². The van der Waals surface area contributed by atoms with Crippen LogP contribution in [0.2, 0.25) is 0 Å². The average Bonchev–Trinajstić information content (AvgIpc) is 2.58. The van der Waals surface area contributed by atoms with Crippen LogP contribution in [0.5, 0.6) is 0 Å². The first-order valence-electron chi connectivity index (χ1n) is 8.35. The summed E-state index contributed by atoms with van der Waals surface area (Å²) in [6.45, 7) is 4.74. The summed E-state index contributed by atoms with van der Waals surface area (Å²) in [5.74, 6) is -0.201. The monoisotopic (exact) mass is 413 g/mol. The molecule has 0 aliphatic carbocycles. The predicted octanol–water partition coefficient (Wildman–Crippen LogP) is 4.18. The number of ether oxygens (including phenoxy) is 1. The molecule has 1 aliphatic heterocycles. The van der Waals surface area contributed by atoms with Gasteiger partial charge in [0.1, 0.15) is 0 Å². The molecule has 0 radical (unpaired) electrons. The highest BCUT2D eigenvalue weighted by Crippen LogP contribution is 2.25. The fourth-order valence-electron chi connectivity index (χ4n) is 2.93. The highest BCUT2D eigenvalue weighted by molar-refractivity contribution is 9.10. The zero-order valence-electron chi connectivity index (χ0n) is 14.2. The Morgan fingerprint density at radius 3 is 2.88 bits per heavy atom. The van der Waals surface area contributed by atoms with Crippen LogP contribution in [0.25, 0.3) is 0 Å². The second-order valence-corrected chi connectivity index (χ2v) is 7.94. The molecule has 0 spiro atoms. The average molecular weight is 414 g/mol. The van der Waals surface area contributed by atoms with Crippen LogP contribution < -0.4 is 0 Å². The van der Waals surface area contributed by atoms with Gasteiger partial charge in [0, 0.05) is 22.0 Å². The highest BCUT2D eigenvalue weighted by atomic mass is 79.9. The van der Waals surface area contributed by atoms with Crippen molar-refractivity contribution in [3.63, 3.8) is 0 Å². The maximum absolute atomic E-state index is 12.3. The number of carbonyl (C=O) groups is 2. The number of hydrogen-bond acceptors (Lipinski definition) is 4. The molecule has 0 saturated carbocycles. The summed E-state index contributed by atoms with van der Waals surface area (Å²) in [7, 11) is 0. The summed E-state index contributed by atoms with van der Waals surface area (Å²) in [5.41, 5.74) is 1.11. The molecule has 4 nitrogen and oxygen atoms in total. The second-order valence-electron chi connectivity index (χ2n) is 6.00. The molecule has 0 unspecified atom stereocenters. The van der Waals surface area contributed by atoms with E-state index in [1.54, 1.807) is 0 Å². The highest BCUT2D eigenvalue weighted by Gasteiger charge is 2.25. The van der Waals surface area contributed by atoms with Crippen LogP contribution in [-0.2, 0) is 14.3 Å². The number of hydrogen-bond donors (Lipinski definition) is 0. The Morgan fingerprint density at radius 1 is 1.38 bits per heavy atom. The SMILES string of the molecule is CC[C@H]1CCCCN1C(=O)COC(=O)CSc1ccc(Br)cc1C. The van der Waals surface area contributed by atoms with E-state index in [4.69, 9.17) is 4.74 Å². The van der Waals surface area contributed by atoms with Gasteiger partial charge in [0.25, 0.3) is 5.91 Å². The maximum atomic E-state index is 12.3. The number of halogens is 1. The molecular formula is C18H24BrNO3S. The standard InChI is InChI=1S/C18H24BrNO3S/c1-3-15-6-4-5-9-20(15)17(21)11-23-18(22)12-24-16-8-7-14(19)10-13(16)2/h7-8,10,15H,3-6,9,11-12H2,1-2H3/t15-/m0/s1. The summed E-state index contributed by atoms with van der Waals surface area (Å²) >= 11 is 4.86. The summed E-state index contributed by atoms with van der Waals surface area (Å²) in [5, 5.41) is 0. The Morgan fingerprint density at radius 2 is 2.17 bits per heavy atom. The summed E-state index contributed by atoms with van der Waals surface area (Å²) in [6, 6.07) is 6.23. The van der Waals surface area contributed by atoms with Crippen LogP contribution in [0, 0.1) is 6.92 Å². The van der Waals surface area contributed by atoms with Gasteiger partial charge in [-0.25, -0.2) is 0 Å². The summed E-state index contributed by atoms with van der Waals surface area (Å²) in [6.07, 6.45) is 4.22. The molecule has 24 heavy (non-hydrogen) atoms. The molecule has 0 bridgehead atoms. The topological polar surface area (TPSA) is 46.6 Å². The molecule has 1 aromatic carbocycles. The van der Waals surface area contributed by atoms with Crippen LogP contribution in [0.4, 0.5) is 0 Å². The summed E-state index contributed by atoms with van der Waals surface area (Å²) < 4.78 is 6.19. The van der Waals surface area contributed by atoms with Crippen molar-refractivity contribution in [2.75, 3.05) is 18.9 Å². The van der Waals surface area contributed by atoms with Gasteiger partial charge >= 0.3 is 5.97 Å². The van der Waals surface area contributed by atoms with Crippen LogP contribution in [0.1, 0.15) is 38.2 Å². The molecule has 6 heteroatoms. The van der Waals surface area contributed by atoms with E-state index in [1.165, 1.54) is 18.2 Å². The minimum absolute atomic E-state index is 0.0697. The van der Waals surface area contributed by atoms with Crippen molar-refractivity contribution in [3.8, 4) is 0 Å². The van der Waals surface area contributed by atoms with Gasteiger partial charge in [-0.05, 0) is 56.4 Å². The fourth-order valence-corrected chi connectivity index (χ4v) is 4.21. The zero-order chi connectivity index (χ0) is 17.5. The molecular weight excluding hydrogens is 390 g/mol. The molecule has 2 rings (SSSR count). The number of amides is 1. The van der Waals surface area contributed by atoms with Crippen molar-refractivity contribution in [2.24, 2.45) is 0 Å². The largest absolute Gasteiger partial charge is 0.455 e. The smallest absolute Gasteiger partial charge is 0.316 e. The van der Waals surface area contributed by atoms with Crippen molar-refractivity contribution in [3.05, 3.63) is 28.2 Å². The lowest BCUT2D eigenvalue weighted by atomic mass is 10.00. The maximum Gasteiger partial charge on any atom is 0.316 e. The van der Waals surface area contributed by atoms with Gasteiger partial charge in [0.2, 0.25) is 0 Å². The molecule has 1 amide bonds.